The number of allylic oxidation sites excluding steroid dienone is 1. The Morgan fingerprint density at radius 1 is 1.25 bits per heavy atom. The van der Waals surface area contributed by atoms with Crippen molar-refractivity contribution in [3.8, 4) is 0 Å². The van der Waals surface area contributed by atoms with Gasteiger partial charge in [-0.15, -0.1) is 0 Å². The van der Waals surface area contributed by atoms with E-state index >= 15 is 0 Å². The maximum atomic E-state index is 12.8. The molecule has 0 fully saturated rings. The number of carboxylic acids is 1. The monoisotopic (exact) mass is 306 g/mol. The second-order valence-electron chi connectivity index (χ2n) is 4.23. The second-order valence-corrected chi connectivity index (χ2v) is 6.17. The van der Waals surface area contributed by atoms with Crippen LogP contribution in [0, 0.1) is 0 Å². The van der Waals surface area contributed by atoms with Crippen LogP contribution in [0.3, 0.4) is 0 Å². The van der Waals surface area contributed by atoms with Crippen molar-refractivity contribution >= 4 is 21.9 Å². The number of hydrogen-bond donors (Lipinski definition) is 1. The van der Waals surface area contributed by atoms with Gasteiger partial charge >= 0.3 is 12.1 Å². The van der Waals surface area contributed by atoms with Gasteiger partial charge in [-0.05, 0) is 24.1 Å². The molecule has 2 rings (SSSR count). The number of carbonyl (C=O) groups is 1. The van der Waals surface area contributed by atoms with E-state index in [1.54, 1.807) is 0 Å². The molecule has 0 spiro atoms. The van der Waals surface area contributed by atoms with Crippen LogP contribution in [0.1, 0.15) is 24.0 Å². The quantitative estimate of drug-likeness (QED) is 0.932. The minimum atomic E-state index is -4.78. The summed E-state index contributed by atoms with van der Waals surface area (Å²) in [5.74, 6) is -1.21. The van der Waals surface area contributed by atoms with Crippen LogP contribution < -0.4 is 0 Å². The van der Waals surface area contributed by atoms with Crippen LogP contribution in [0.2, 0.25) is 0 Å². The van der Waals surface area contributed by atoms with Gasteiger partial charge in [0.15, 0.2) is 0 Å². The number of rotatable bonds is 3. The minimum absolute atomic E-state index is 0.0554. The molecule has 1 heterocycles. The Hall–Kier alpha value is -1.83. The Balaban J connectivity index is 2.52. The lowest BCUT2D eigenvalue weighted by Gasteiger charge is -2.12. The van der Waals surface area contributed by atoms with Gasteiger partial charge in [-0.25, -0.2) is 8.42 Å². The number of fused-ring (bicyclic) bond motifs is 1. The molecule has 0 amide bonds. The summed E-state index contributed by atoms with van der Waals surface area (Å²) in [5, 5.41) is 8.54. The van der Waals surface area contributed by atoms with Crippen molar-refractivity contribution in [2.75, 3.05) is 0 Å². The third-order valence-electron chi connectivity index (χ3n) is 2.87. The van der Waals surface area contributed by atoms with E-state index in [1.165, 1.54) is 6.07 Å². The van der Waals surface area contributed by atoms with Crippen LogP contribution in [0.5, 0.6) is 0 Å². The van der Waals surface area contributed by atoms with Crippen molar-refractivity contribution in [2.24, 2.45) is 0 Å². The van der Waals surface area contributed by atoms with Crippen LogP contribution >= 0.6 is 0 Å². The zero-order valence-corrected chi connectivity index (χ0v) is 10.8. The number of alkyl halides is 3. The Kier molecular flexibility index (Phi) is 3.37. The highest BCUT2D eigenvalue weighted by molar-refractivity contribution is 7.95. The second kappa shape index (κ2) is 4.62. The van der Waals surface area contributed by atoms with Crippen molar-refractivity contribution in [2.45, 2.75) is 23.9 Å². The largest absolute Gasteiger partial charge is 0.481 e. The fourth-order valence-electron chi connectivity index (χ4n) is 2.01. The Labute approximate surface area is 112 Å². The molecule has 0 radical (unpaired) electrons. The van der Waals surface area contributed by atoms with Crippen molar-refractivity contribution < 1.29 is 31.5 Å². The molecule has 4 nitrogen and oxygen atoms in total. The maximum Gasteiger partial charge on any atom is 0.417 e. The van der Waals surface area contributed by atoms with E-state index in [-0.39, 0.29) is 16.9 Å². The molecule has 1 aliphatic heterocycles. The summed E-state index contributed by atoms with van der Waals surface area (Å²) in [6, 6.07) is 3.08. The first kappa shape index (κ1) is 14.6. The van der Waals surface area contributed by atoms with Crippen LogP contribution in [-0.4, -0.2) is 19.5 Å². The van der Waals surface area contributed by atoms with Gasteiger partial charge in [0, 0.05) is 0 Å². The number of sulfone groups is 1. The molecule has 0 saturated heterocycles. The molecule has 108 valence electrons. The highest BCUT2D eigenvalue weighted by Crippen LogP contribution is 2.43. The smallest absolute Gasteiger partial charge is 0.417 e. The molecular weight excluding hydrogens is 297 g/mol. The van der Waals surface area contributed by atoms with E-state index < -0.39 is 38.9 Å². The highest BCUT2D eigenvalue weighted by Gasteiger charge is 2.41. The lowest BCUT2D eigenvalue weighted by molar-refractivity contribution is -0.140. The predicted octanol–water partition coefficient (Wildman–Crippen LogP) is 2.70. The van der Waals surface area contributed by atoms with E-state index in [0.29, 0.717) is 6.07 Å². The highest BCUT2D eigenvalue weighted by atomic mass is 32.2. The van der Waals surface area contributed by atoms with Crippen LogP contribution in [0.15, 0.2) is 28.0 Å². The molecule has 0 bridgehead atoms. The van der Waals surface area contributed by atoms with Crippen molar-refractivity contribution in [1.82, 2.24) is 0 Å². The number of halogens is 3. The lowest BCUT2D eigenvalue weighted by Crippen LogP contribution is -2.13. The average Bonchev–Trinajstić information content (AvgIpc) is 2.57. The molecule has 20 heavy (non-hydrogen) atoms. The summed E-state index contributed by atoms with van der Waals surface area (Å²) in [6.45, 7) is 0. The summed E-state index contributed by atoms with van der Waals surface area (Å²) in [7, 11) is -4.28. The maximum absolute atomic E-state index is 12.8. The first-order valence-corrected chi connectivity index (χ1v) is 7.00. The predicted molar refractivity (Wildman–Crippen MR) is 63.5 cm³/mol. The van der Waals surface area contributed by atoms with Gasteiger partial charge in [0.25, 0.3) is 0 Å². The van der Waals surface area contributed by atoms with Gasteiger partial charge < -0.3 is 5.11 Å². The van der Waals surface area contributed by atoms with Crippen LogP contribution in [0.4, 0.5) is 13.2 Å². The molecule has 1 aliphatic rings. The molecule has 1 aromatic rings. The Morgan fingerprint density at radius 3 is 2.45 bits per heavy atom. The lowest BCUT2D eigenvalue weighted by atomic mass is 10.1. The first-order chi connectivity index (χ1) is 9.14. The summed E-state index contributed by atoms with van der Waals surface area (Å²) < 4.78 is 62.7. The number of carboxylic acid groups (broad SMARTS) is 1. The Morgan fingerprint density at radius 2 is 1.90 bits per heavy atom. The summed E-state index contributed by atoms with van der Waals surface area (Å²) in [6.07, 6.45) is -4.47. The SMILES string of the molecule is O=C(O)CCC1=Cc2cccc(C(F)(F)F)c2S1(=O)=O. The van der Waals surface area contributed by atoms with Crippen LogP contribution in [0.25, 0.3) is 6.08 Å². The fourth-order valence-corrected chi connectivity index (χ4v) is 3.84. The summed E-state index contributed by atoms with van der Waals surface area (Å²) in [5.41, 5.74) is -1.28. The minimum Gasteiger partial charge on any atom is -0.481 e. The zero-order valence-electron chi connectivity index (χ0n) is 9.94. The average molecular weight is 306 g/mol. The zero-order chi connectivity index (χ0) is 15.1. The van der Waals surface area contributed by atoms with Gasteiger partial charge in [-0.2, -0.15) is 13.2 Å². The van der Waals surface area contributed by atoms with E-state index in [1.807, 2.05) is 0 Å². The van der Waals surface area contributed by atoms with Crippen molar-refractivity contribution in [3.05, 3.63) is 34.2 Å². The van der Waals surface area contributed by atoms with Gasteiger partial charge in [0.2, 0.25) is 9.84 Å². The molecule has 8 heteroatoms. The summed E-state index contributed by atoms with van der Waals surface area (Å²) in [4.78, 5) is 9.38. The van der Waals surface area contributed by atoms with Gasteiger partial charge in [-0.3, -0.25) is 4.79 Å². The van der Waals surface area contributed by atoms with Crippen molar-refractivity contribution in [1.29, 1.82) is 0 Å². The molecular formula is C12H9F3O4S. The van der Waals surface area contributed by atoms with Crippen molar-refractivity contribution in [3.63, 3.8) is 0 Å². The first-order valence-electron chi connectivity index (χ1n) is 5.51. The van der Waals surface area contributed by atoms with Gasteiger partial charge in [-0.1, -0.05) is 12.1 Å². The number of hydrogen-bond acceptors (Lipinski definition) is 3. The molecule has 0 atom stereocenters. The van der Waals surface area contributed by atoms with E-state index in [4.69, 9.17) is 5.11 Å². The molecule has 0 aliphatic carbocycles. The normalized spacial score (nSPS) is 16.6. The molecule has 0 unspecified atom stereocenters. The molecule has 0 aromatic heterocycles. The Bertz CT molecular complexity index is 702. The summed E-state index contributed by atoms with van der Waals surface area (Å²) >= 11 is 0. The van der Waals surface area contributed by atoms with Gasteiger partial charge in [0.1, 0.15) is 0 Å². The van der Waals surface area contributed by atoms with E-state index in [0.717, 1.165) is 12.1 Å². The standard InChI is InChI=1S/C12H9F3O4S/c13-12(14,15)9-3-1-2-7-6-8(4-5-10(16)17)20(18,19)11(7)9/h1-3,6H,4-5H2,(H,16,17). The third kappa shape index (κ3) is 2.43. The number of aliphatic carboxylic acids is 1. The number of benzene rings is 1. The van der Waals surface area contributed by atoms with E-state index in [9.17, 15) is 26.4 Å². The molecule has 1 N–H and O–H groups in total. The molecule has 0 saturated carbocycles. The topological polar surface area (TPSA) is 71.4 Å². The molecule has 1 aromatic carbocycles. The van der Waals surface area contributed by atoms with Gasteiger partial charge in [0.05, 0.1) is 21.8 Å². The van der Waals surface area contributed by atoms with Crippen LogP contribution in [-0.2, 0) is 20.8 Å². The van der Waals surface area contributed by atoms with E-state index in [2.05, 4.69) is 0 Å². The fraction of sp³-hybridized carbons (Fsp3) is 0.250. The third-order valence-corrected chi connectivity index (χ3v) is 4.87.